The summed E-state index contributed by atoms with van der Waals surface area (Å²) in [5.41, 5.74) is 3.90. The molecule has 152 valence electrons. The Kier molecular flexibility index (Phi) is 7.85. The van der Waals surface area contributed by atoms with E-state index in [4.69, 9.17) is 9.15 Å². The van der Waals surface area contributed by atoms with Gasteiger partial charge in [-0.15, -0.1) is 0 Å². The van der Waals surface area contributed by atoms with Gasteiger partial charge >= 0.3 is 5.97 Å². The van der Waals surface area contributed by atoms with Crippen LogP contribution in [-0.2, 0) is 11.8 Å². The quantitative estimate of drug-likeness (QED) is 0.447. The van der Waals surface area contributed by atoms with E-state index in [-0.39, 0.29) is 5.97 Å². The summed E-state index contributed by atoms with van der Waals surface area (Å²) >= 11 is 0. The van der Waals surface area contributed by atoms with Crippen LogP contribution in [0.3, 0.4) is 0 Å². The van der Waals surface area contributed by atoms with Crippen molar-refractivity contribution in [3.8, 4) is 11.5 Å². The minimum absolute atomic E-state index is 0.325. The van der Waals surface area contributed by atoms with Crippen LogP contribution in [0.4, 0.5) is 0 Å². The number of aryl methyl sites for hydroxylation is 1. The molecular weight excluding hydrogens is 352 g/mol. The van der Waals surface area contributed by atoms with Gasteiger partial charge in [-0.3, -0.25) is 0 Å². The molecule has 28 heavy (non-hydrogen) atoms. The molecule has 0 radical (unpaired) electrons. The minimum atomic E-state index is -0.325. The number of oxazole rings is 1. The van der Waals surface area contributed by atoms with E-state index in [0.717, 1.165) is 42.7 Å². The molecule has 0 N–H and O–H groups in total. The smallest absolute Gasteiger partial charge is 0.337 e. The molecule has 5 nitrogen and oxygen atoms in total. The maximum Gasteiger partial charge on any atom is 0.337 e. The molecule has 0 aliphatic heterocycles. The van der Waals surface area contributed by atoms with Crippen molar-refractivity contribution in [2.24, 2.45) is 7.05 Å². The highest BCUT2D eigenvalue weighted by Crippen LogP contribution is 2.41. The van der Waals surface area contributed by atoms with Crippen LogP contribution in [-0.4, -0.2) is 22.6 Å². The molecule has 0 aliphatic carbocycles. The number of hydrogen-bond donors (Lipinski definition) is 0. The van der Waals surface area contributed by atoms with Crippen molar-refractivity contribution in [2.45, 2.75) is 59.3 Å². The highest BCUT2D eigenvalue weighted by atomic mass is 16.5. The van der Waals surface area contributed by atoms with Crippen molar-refractivity contribution in [3.63, 3.8) is 0 Å². The number of carbonyl (C=O) groups excluding carboxylic acids is 1. The predicted molar refractivity (Wildman–Crippen MR) is 114 cm³/mol. The lowest BCUT2D eigenvalue weighted by atomic mass is 9.87. The number of benzene rings is 1. The molecule has 0 saturated carbocycles. The van der Waals surface area contributed by atoms with Crippen molar-refractivity contribution in [3.05, 3.63) is 41.9 Å². The Bertz CT molecular complexity index is 888. The average molecular weight is 385 g/mol. The number of carbonyl (C=O) groups is 1. The lowest BCUT2D eigenvalue weighted by molar-refractivity contribution is 0.0601. The maximum absolute atomic E-state index is 12.0. The second-order valence-electron chi connectivity index (χ2n) is 6.68. The largest absolute Gasteiger partial charge is 0.465 e. The number of fused-ring (bicyclic) bond motifs is 1. The number of ether oxygens (including phenoxy) is 1. The van der Waals surface area contributed by atoms with Crippen LogP contribution >= 0.6 is 0 Å². The first-order valence-corrected chi connectivity index (χ1v) is 10.2. The summed E-state index contributed by atoms with van der Waals surface area (Å²) in [6.07, 6.45) is 7.70. The molecule has 3 aromatic rings. The standard InChI is InChI=1S/C21H26N2O3.C2H6/c1-5-7-14(8-6-2)19-16-10-9-15(21(24)25-4)11-17(16)23(3)20(19)18-12-22-13-26-18;1-2/h9-14H,5-8H2,1-4H3;1-2H3. The number of esters is 1. The van der Waals surface area contributed by atoms with Crippen molar-refractivity contribution in [1.29, 1.82) is 0 Å². The molecule has 0 bridgehead atoms. The molecule has 5 heteroatoms. The van der Waals surface area contributed by atoms with E-state index in [2.05, 4.69) is 23.4 Å². The third kappa shape index (κ3) is 4.13. The van der Waals surface area contributed by atoms with Gasteiger partial charge in [0.25, 0.3) is 0 Å². The summed E-state index contributed by atoms with van der Waals surface area (Å²) < 4.78 is 12.6. The summed E-state index contributed by atoms with van der Waals surface area (Å²) in [6, 6.07) is 5.78. The Morgan fingerprint density at radius 2 is 1.89 bits per heavy atom. The number of rotatable bonds is 7. The van der Waals surface area contributed by atoms with E-state index in [9.17, 15) is 4.79 Å². The number of hydrogen-bond acceptors (Lipinski definition) is 4. The van der Waals surface area contributed by atoms with Gasteiger partial charge in [-0.25, -0.2) is 9.78 Å². The summed E-state index contributed by atoms with van der Waals surface area (Å²) in [5.74, 6) is 0.878. The predicted octanol–water partition coefficient (Wildman–Crippen LogP) is 6.33. The second-order valence-corrected chi connectivity index (χ2v) is 6.68. The molecular formula is C23H32N2O3. The Morgan fingerprint density at radius 1 is 1.21 bits per heavy atom. The summed E-state index contributed by atoms with van der Waals surface area (Å²) in [6.45, 7) is 8.44. The zero-order valence-corrected chi connectivity index (χ0v) is 17.9. The number of methoxy groups -OCH3 is 1. The lowest BCUT2D eigenvalue weighted by Gasteiger charge is -2.17. The Labute approximate surface area is 167 Å². The van der Waals surface area contributed by atoms with E-state index < -0.39 is 0 Å². The molecule has 0 atom stereocenters. The average Bonchev–Trinajstić information content (AvgIpc) is 3.35. The number of nitrogens with zero attached hydrogens (tertiary/aromatic N) is 2. The van der Waals surface area contributed by atoms with Gasteiger partial charge in [-0.2, -0.15) is 0 Å². The summed E-state index contributed by atoms with van der Waals surface area (Å²) in [5, 5.41) is 1.17. The van der Waals surface area contributed by atoms with Gasteiger partial charge in [0, 0.05) is 18.0 Å². The van der Waals surface area contributed by atoms with Crippen molar-refractivity contribution >= 4 is 16.9 Å². The third-order valence-corrected chi connectivity index (χ3v) is 5.01. The first-order chi connectivity index (χ1) is 13.6. The molecule has 2 aromatic heterocycles. The van der Waals surface area contributed by atoms with Crippen LogP contribution in [0.25, 0.3) is 22.4 Å². The van der Waals surface area contributed by atoms with Gasteiger partial charge in [-0.1, -0.05) is 46.6 Å². The number of aromatic nitrogens is 2. The van der Waals surface area contributed by atoms with E-state index in [1.165, 1.54) is 24.5 Å². The Balaban J connectivity index is 0.00000136. The van der Waals surface area contributed by atoms with Gasteiger partial charge in [0.05, 0.1) is 24.6 Å². The monoisotopic (exact) mass is 384 g/mol. The first-order valence-electron chi connectivity index (χ1n) is 10.2. The Hall–Kier alpha value is -2.56. The third-order valence-electron chi connectivity index (χ3n) is 5.01. The van der Waals surface area contributed by atoms with Crippen LogP contribution in [0.1, 0.15) is 75.2 Å². The minimum Gasteiger partial charge on any atom is -0.465 e. The maximum atomic E-state index is 12.0. The molecule has 0 amide bonds. The zero-order valence-electron chi connectivity index (χ0n) is 17.9. The fourth-order valence-corrected chi connectivity index (χ4v) is 3.88. The van der Waals surface area contributed by atoms with Gasteiger partial charge in [0.1, 0.15) is 0 Å². The molecule has 0 unspecified atom stereocenters. The van der Waals surface area contributed by atoms with Gasteiger partial charge in [0.15, 0.2) is 12.2 Å². The Morgan fingerprint density at radius 3 is 2.43 bits per heavy atom. The van der Waals surface area contributed by atoms with Crippen molar-refractivity contribution in [1.82, 2.24) is 9.55 Å². The van der Waals surface area contributed by atoms with Gasteiger partial charge < -0.3 is 13.7 Å². The van der Waals surface area contributed by atoms with Crippen molar-refractivity contribution < 1.29 is 13.9 Å². The fourth-order valence-electron chi connectivity index (χ4n) is 3.88. The van der Waals surface area contributed by atoms with E-state index in [1.807, 2.05) is 39.1 Å². The second kappa shape index (κ2) is 10.1. The van der Waals surface area contributed by atoms with E-state index in [0.29, 0.717) is 11.5 Å². The molecule has 0 fully saturated rings. The molecule has 0 aliphatic rings. The van der Waals surface area contributed by atoms with E-state index in [1.54, 1.807) is 6.20 Å². The van der Waals surface area contributed by atoms with E-state index >= 15 is 0 Å². The topological polar surface area (TPSA) is 57.3 Å². The van der Waals surface area contributed by atoms with Crippen LogP contribution < -0.4 is 0 Å². The van der Waals surface area contributed by atoms with Gasteiger partial charge in [-0.05, 0) is 36.5 Å². The van der Waals surface area contributed by atoms with Gasteiger partial charge in [0.2, 0.25) is 0 Å². The van der Waals surface area contributed by atoms with Crippen LogP contribution in [0, 0.1) is 0 Å². The SMILES string of the molecule is CC.CCCC(CCC)c1c(-c2cnco2)n(C)c2cc(C(=O)OC)ccc12. The normalized spacial score (nSPS) is 10.8. The van der Waals surface area contributed by atoms with Crippen molar-refractivity contribution in [2.75, 3.05) is 7.11 Å². The molecule has 1 aromatic carbocycles. The molecule has 0 spiro atoms. The highest BCUT2D eigenvalue weighted by molar-refractivity contribution is 5.98. The fraction of sp³-hybridized carbons (Fsp3) is 0.478. The van der Waals surface area contributed by atoms with Crippen LogP contribution in [0.15, 0.2) is 35.2 Å². The summed E-state index contributed by atoms with van der Waals surface area (Å²) in [4.78, 5) is 16.1. The highest BCUT2D eigenvalue weighted by Gasteiger charge is 2.25. The summed E-state index contributed by atoms with van der Waals surface area (Å²) in [7, 11) is 3.42. The van der Waals surface area contributed by atoms with Crippen LogP contribution in [0.5, 0.6) is 0 Å². The molecule has 3 rings (SSSR count). The first kappa shape index (κ1) is 21.7. The zero-order chi connectivity index (χ0) is 20.7. The molecule has 2 heterocycles. The van der Waals surface area contributed by atoms with Crippen LogP contribution in [0.2, 0.25) is 0 Å². The lowest BCUT2D eigenvalue weighted by Crippen LogP contribution is -2.01. The molecule has 0 saturated heterocycles.